The Morgan fingerprint density at radius 2 is 1.34 bits per heavy atom. The van der Waals surface area contributed by atoms with E-state index < -0.39 is 0 Å². The molecule has 3 heteroatoms. The third kappa shape index (κ3) is 9.85. The second-order valence-electron chi connectivity index (χ2n) is 13.4. The summed E-state index contributed by atoms with van der Waals surface area (Å²) < 4.78 is 2.17. The average Bonchev–Trinajstić information content (AvgIpc) is 3.51. The van der Waals surface area contributed by atoms with Crippen molar-refractivity contribution in [2.24, 2.45) is 5.92 Å². The molecule has 0 spiro atoms. The summed E-state index contributed by atoms with van der Waals surface area (Å²) in [5, 5.41) is 0. The van der Waals surface area contributed by atoms with Gasteiger partial charge >= 0.3 is 63.8 Å². The maximum atomic E-state index is 3.67. The molecule has 0 aliphatic heterocycles. The van der Waals surface area contributed by atoms with Crippen LogP contribution in [0, 0.1) is 18.1 Å². The molecule has 0 amide bonds. The van der Waals surface area contributed by atoms with Crippen LogP contribution in [0.1, 0.15) is 88.8 Å². The number of hydrogen-bond donors (Lipinski definition) is 0. The second-order valence-corrected chi connectivity index (χ2v) is 14.1. The zero-order valence-electron chi connectivity index (χ0n) is 27.4. The fraction of sp³-hybridized carbons (Fsp3) is 0.293. The van der Waals surface area contributed by atoms with Crippen molar-refractivity contribution in [3.63, 3.8) is 0 Å². The summed E-state index contributed by atoms with van der Waals surface area (Å²) >= 11 is 1.46. The normalized spacial score (nSPS) is 14.5. The number of halogens is 2. The Balaban J connectivity index is 0.000000251. The molecule has 0 radical (unpaired) electrons. The van der Waals surface area contributed by atoms with Crippen LogP contribution in [0.25, 0.3) is 16.7 Å². The Morgan fingerprint density at radius 1 is 0.750 bits per heavy atom. The Labute approximate surface area is 294 Å². The van der Waals surface area contributed by atoms with Crippen molar-refractivity contribution in [3.8, 4) is 11.1 Å². The Morgan fingerprint density at radius 3 is 1.84 bits per heavy atom. The predicted molar refractivity (Wildman–Crippen MR) is 179 cm³/mol. The molecule has 44 heavy (non-hydrogen) atoms. The monoisotopic (exact) mass is 696 g/mol. The van der Waals surface area contributed by atoms with Gasteiger partial charge in [-0.1, -0.05) is 115 Å². The van der Waals surface area contributed by atoms with Crippen molar-refractivity contribution in [3.05, 3.63) is 148 Å². The molecule has 1 atom stereocenters. The average molecular weight is 699 g/mol. The quantitative estimate of drug-likeness (QED) is 0.238. The number of rotatable bonds is 2. The first-order valence-electron chi connectivity index (χ1n) is 15.0. The van der Waals surface area contributed by atoms with E-state index in [1.807, 2.05) is 12.1 Å². The van der Waals surface area contributed by atoms with Crippen molar-refractivity contribution < 1.29 is 49.0 Å². The van der Waals surface area contributed by atoms with Gasteiger partial charge < -0.3 is 24.8 Å². The summed E-state index contributed by atoms with van der Waals surface area (Å²) in [6.07, 6.45) is 6.68. The molecule has 4 aromatic rings. The molecule has 0 saturated carbocycles. The van der Waals surface area contributed by atoms with Gasteiger partial charge in [0.2, 0.25) is 0 Å². The van der Waals surface area contributed by atoms with Crippen LogP contribution in [0.2, 0.25) is 0 Å². The Bertz CT molecular complexity index is 1520. The van der Waals surface area contributed by atoms with Gasteiger partial charge in [0.25, 0.3) is 0 Å². The van der Waals surface area contributed by atoms with Gasteiger partial charge in [-0.05, 0) is 28.4 Å². The summed E-state index contributed by atoms with van der Waals surface area (Å²) in [6, 6.07) is 36.0. The molecule has 0 nitrogen and oxygen atoms in total. The first-order valence-corrected chi connectivity index (χ1v) is 16.4. The maximum absolute atomic E-state index is 3.67. The minimum atomic E-state index is 0. The molecule has 0 fully saturated rings. The van der Waals surface area contributed by atoms with Crippen LogP contribution in [-0.2, 0) is 41.5 Å². The van der Waals surface area contributed by atoms with Gasteiger partial charge in [0.1, 0.15) is 0 Å². The van der Waals surface area contributed by atoms with E-state index in [4.69, 9.17) is 0 Å². The van der Waals surface area contributed by atoms with E-state index in [2.05, 4.69) is 156 Å². The van der Waals surface area contributed by atoms with Gasteiger partial charge in [-0.25, -0.2) is 5.57 Å². The van der Waals surface area contributed by atoms with Crippen LogP contribution in [0.4, 0.5) is 0 Å². The zero-order valence-corrected chi connectivity index (χ0v) is 31.3. The van der Waals surface area contributed by atoms with Gasteiger partial charge in [0, 0.05) is 0 Å². The molecular weight excluding hydrogens is 655 g/mol. The molecule has 1 unspecified atom stereocenters. The van der Waals surface area contributed by atoms with E-state index in [1.165, 1.54) is 79.9 Å². The standard InChI is InChI=1S/C21H25.C13H13.C7H6.2ClH.Zr/c1-20(2,3)16-7-9-18-14(12-16)11-15-13-17(21(4,5)6)8-10-19(15)18;1-10-8-11(2)13(9-10)12-6-4-3-5-7-12;1-7-5-3-2-4-6-7;;;/h7-10,12H,11H2,1-6H3;3-7,9-10H,1-2H3;1-6H;2*1H;/q2*-1;;;;+2/p-2. The molecule has 0 aromatic heterocycles. The van der Waals surface area contributed by atoms with E-state index in [-0.39, 0.29) is 35.6 Å². The molecule has 0 saturated heterocycles. The first kappa shape index (κ1) is 37.9. The van der Waals surface area contributed by atoms with E-state index in [9.17, 15) is 0 Å². The van der Waals surface area contributed by atoms with Crippen molar-refractivity contribution in [2.45, 2.75) is 72.6 Å². The van der Waals surface area contributed by atoms with Crippen molar-refractivity contribution in [2.75, 3.05) is 0 Å². The molecule has 2 aliphatic carbocycles. The summed E-state index contributed by atoms with van der Waals surface area (Å²) in [5.74, 6) is 0.468. The Hall–Kier alpha value is -2.31. The van der Waals surface area contributed by atoms with Crippen molar-refractivity contribution in [1.29, 1.82) is 0 Å². The summed E-state index contributed by atoms with van der Waals surface area (Å²) in [4.78, 5) is 0. The summed E-state index contributed by atoms with van der Waals surface area (Å²) in [6.45, 7) is 17.9. The van der Waals surface area contributed by atoms with Crippen LogP contribution in [-0.4, -0.2) is 3.71 Å². The second kappa shape index (κ2) is 16.3. The van der Waals surface area contributed by atoms with Gasteiger partial charge in [-0.15, -0.1) is 16.7 Å². The van der Waals surface area contributed by atoms with Crippen molar-refractivity contribution >= 4 is 9.28 Å². The third-order valence-electron chi connectivity index (χ3n) is 7.78. The van der Waals surface area contributed by atoms with Crippen LogP contribution < -0.4 is 24.8 Å². The molecule has 2 aliphatic rings. The molecule has 0 heterocycles. The van der Waals surface area contributed by atoms with Crippen LogP contribution in [0.15, 0.2) is 103 Å². The predicted octanol–water partition coefficient (Wildman–Crippen LogP) is 4.51. The van der Waals surface area contributed by atoms with E-state index in [1.54, 1.807) is 0 Å². The SMILES string of the molecule is CC(C)(C)c1[c-]c2c(cc1)-c1ccc(C(C)(C)C)cc1C2.CC1=[C-]C(C)C=C1c1ccccc1.[Cl-].[Cl-].[Zr+2]=[CH]c1ccccc1. The molecule has 0 N–H and O–H groups in total. The van der Waals surface area contributed by atoms with Gasteiger partial charge in [-0.3, -0.25) is 6.08 Å². The molecule has 4 aromatic carbocycles. The van der Waals surface area contributed by atoms with E-state index >= 15 is 0 Å². The zero-order chi connectivity index (χ0) is 30.5. The molecule has 0 bridgehead atoms. The molecule has 228 valence electrons. The fourth-order valence-electron chi connectivity index (χ4n) is 5.34. The molecular formula is C41H44Cl2Zr-2. The minimum absolute atomic E-state index is 0. The van der Waals surface area contributed by atoms with Gasteiger partial charge in [0.05, 0.1) is 0 Å². The van der Waals surface area contributed by atoms with Crippen LogP contribution >= 0.6 is 0 Å². The van der Waals surface area contributed by atoms with Crippen LogP contribution in [0.5, 0.6) is 0 Å². The Kier molecular flexibility index (Phi) is 14.0. The van der Waals surface area contributed by atoms with E-state index in [0.717, 1.165) is 6.42 Å². The number of allylic oxidation sites excluding steroid dienone is 4. The number of fused-ring (bicyclic) bond motifs is 3. The number of hydrogen-bond acceptors (Lipinski definition) is 0. The first-order chi connectivity index (χ1) is 19.9. The van der Waals surface area contributed by atoms with Gasteiger partial charge in [0.15, 0.2) is 0 Å². The summed E-state index contributed by atoms with van der Waals surface area (Å²) in [5.41, 5.74) is 13.9. The topological polar surface area (TPSA) is 0 Å². The number of benzene rings is 4. The van der Waals surface area contributed by atoms with Gasteiger partial charge in [-0.2, -0.15) is 35.4 Å². The van der Waals surface area contributed by atoms with Crippen molar-refractivity contribution in [1.82, 2.24) is 0 Å². The summed E-state index contributed by atoms with van der Waals surface area (Å²) in [7, 11) is 0. The fourth-order valence-corrected chi connectivity index (χ4v) is 5.82. The van der Waals surface area contributed by atoms with E-state index in [0.29, 0.717) is 5.92 Å². The van der Waals surface area contributed by atoms with Crippen LogP contribution in [0.3, 0.4) is 0 Å². The molecule has 6 rings (SSSR count). The third-order valence-corrected chi connectivity index (χ3v) is 8.60.